The van der Waals surface area contributed by atoms with Crippen LogP contribution in [0.1, 0.15) is 36.5 Å². The first-order chi connectivity index (χ1) is 12.9. The number of fused-ring (bicyclic) bond motifs is 1. The van der Waals surface area contributed by atoms with Crippen LogP contribution >= 0.6 is 0 Å². The summed E-state index contributed by atoms with van der Waals surface area (Å²) in [7, 11) is 0. The lowest BCUT2D eigenvalue weighted by Gasteiger charge is -2.24. The van der Waals surface area contributed by atoms with E-state index in [1.54, 1.807) is 18.3 Å². The monoisotopic (exact) mass is 377 g/mol. The van der Waals surface area contributed by atoms with Crippen LogP contribution in [0.2, 0.25) is 0 Å². The number of likely N-dealkylation sites (tertiary alicyclic amines) is 1. The molecule has 0 aromatic carbocycles. The van der Waals surface area contributed by atoms with Crippen molar-refractivity contribution in [2.24, 2.45) is 0 Å². The Morgan fingerprint density at radius 3 is 2.52 bits per heavy atom. The van der Waals surface area contributed by atoms with E-state index >= 15 is 0 Å². The number of aromatic nitrogens is 1. The molecule has 0 saturated carbocycles. The van der Waals surface area contributed by atoms with Gasteiger partial charge in [-0.05, 0) is 51.4 Å². The van der Waals surface area contributed by atoms with E-state index in [1.807, 2.05) is 11.8 Å². The second kappa shape index (κ2) is 9.86. The molecule has 1 saturated heterocycles. The lowest BCUT2D eigenvalue weighted by molar-refractivity contribution is -0.345. The molecule has 1 aromatic rings. The number of likely N-dealkylation sites (N-methyl/N-ethyl adjacent to an activating group) is 1. The van der Waals surface area contributed by atoms with Crippen molar-refractivity contribution >= 4 is 17.8 Å². The minimum atomic E-state index is -2.19. The Hall–Kier alpha value is -2.68. The van der Waals surface area contributed by atoms with Crippen LogP contribution in [0.15, 0.2) is 18.3 Å². The number of ether oxygens (including phenoxy) is 1. The summed E-state index contributed by atoms with van der Waals surface area (Å²) in [6.07, 6.45) is 5.27. The first-order valence-electron chi connectivity index (χ1n) is 8.98. The van der Waals surface area contributed by atoms with Gasteiger partial charge in [-0.3, -0.25) is 4.79 Å². The van der Waals surface area contributed by atoms with Crippen molar-refractivity contribution in [3.8, 4) is 5.88 Å². The Labute approximate surface area is 157 Å². The van der Waals surface area contributed by atoms with Crippen molar-refractivity contribution in [1.82, 2.24) is 14.8 Å². The fourth-order valence-electron chi connectivity index (χ4n) is 3.10. The lowest BCUT2D eigenvalue weighted by atomic mass is 10.2. The van der Waals surface area contributed by atoms with Crippen LogP contribution in [-0.2, 0) is 9.59 Å². The molecule has 9 heteroatoms. The van der Waals surface area contributed by atoms with Crippen molar-refractivity contribution in [1.29, 1.82) is 0 Å². The van der Waals surface area contributed by atoms with E-state index in [0.717, 1.165) is 13.0 Å². The molecule has 148 valence electrons. The summed E-state index contributed by atoms with van der Waals surface area (Å²) in [5.41, 5.74) is 0.586. The fourth-order valence-corrected chi connectivity index (χ4v) is 3.10. The van der Waals surface area contributed by atoms with E-state index in [4.69, 9.17) is 24.5 Å². The minimum Gasteiger partial charge on any atom is -0.543 e. The molecule has 0 aliphatic carbocycles. The highest BCUT2D eigenvalue weighted by Gasteiger charge is 2.29. The molecule has 0 bridgehead atoms. The number of aliphatic carboxylic acids is 2. The summed E-state index contributed by atoms with van der Waals surface area (Å²) in [5, 5.41) is 17.9. The average Bonchev–Trinajstić information content (AvgIpc) is 3.13. The molecule has 1 atom stereocenters. The molecule has 1 fully saturated rings. The van der Waals surface area contributed by atoms with Gasteiger partial charge < -0.3 is 34.3 Å². The Kier molecular flexibility index (Phi) is 7.54. The van der Waals surface area contributed by atoms with Gasteiger partial charge in [-0.2, -0.15) is 0 Å². The zero-order chi connectivity index (χ0) is 19.8. The number of carbonyl (C=O) groups is 3. The smallest absolute Gasteiger partial charge is 0.259 e. The van der Waals surface area contributed by atoms with Gasteiger partial charge in [-0.1, -0.05) is 0 Å². The van der Waals surface area contributed by atoms with Crippen LogP contribution in [0.3, 0.4) is 0 Å². The molecular formula is C18H23N3O6-2. The maximum Gasteiger partial charge on any atom is 0.259 e. The molecule has 1 aromatic heterocycles. The molecule has 1 amide bonds. The predicted molar refractivity (Wildman–Crippen MR) is 90.5 cm³/mol. The molecule has 27 heavy (non-hydrogen) atoms. The number of amides is 1. The second-order valence-electron chi connectivity index (χ2n) is 6.35. The van der Waals surface area contributed by atoms with Gasteiger partial charge in [0.25, 0.3) is 5.91 Å². The highest BCUT2D eigenvalue weighted by atomic mass is 16.5. The molecule has 1 unspecified atom stereocenters. The topological polar surface area (TPSA) is 126 Å². The van der Waals surface area contributed by atoms with Gasteiger partial charge in [0.15, 0.2) is 0 Å². The number of carboxylic acid groups (broad SMARTS) is 2. The van der Waals surface area contributed by atoms with Crippen molar-refractivity contribution in [3.05, 3.63) is 23.9 Å². The second-order valence-corrected chi connectivity index (χ2v) is 6.35. The number of carbonyl (C=O) groups excluding carboxylic acids is 3. The van der Waals surface area contributed by atoms with Crippen molar-refractivity contribution in [2.45, 2.75) is 32.3 Å². The molecule has 2 aliphatic rings. The van der Waals surface area contributed by atoms with E-state index in [-0.39, 0.29) is 12.0 Å². The zero-order valence-corrected chi connectivity index (χ0v) is 15.3. The highest BCUT2D eigenvalue weighted by molar-refractivity contribution is 6.25. The molecule has 0 radical (unpaired) electrons. The van der Waals surface area contributed by atoms with Gasteiger partial charge in [0.1, 0.15) is 11.7 Å². The quantitative estimate of drug-likeness (QED) is 0.567. The summed E-state index contributed by atoms with van der Waals surface area (Å²) in [6.45, 7) is 6.79. The number of pyridine rings is 1. The van der Waals surface area contributed by atoms with Crippen LogP contribution in [0.4, 0.5) is 0 Å². The minimum absolute atomic E-state index is 0.0317. The Morgan fingerprint density at radius 2 is 1.93 bits per heavy atom. The summed E-state index contributed by atoms with van der Waals surface area (Å²) >= 11 is 0. The van der Waals surface area contributed by atoms with E-state index in [1.165, 1.54) is 25.9 Å². The summed E-state index contributed by atoms with van der Waals surface area (Å²) in [6, 6.07) is 3.59. The van der Waals surface area contributed by atoms with Crippen LogP contribution < -0.4 is 14.9 Å². The molecule has 0 N–H and O–H groups in total. The fraction of sp³-hybridized carbons (Fsp3) is 0.556. The van der Waals surface area contributed by atoms with E-state index in [2.05, 4.69) is 9.88 Å². The first-order valence-corrected chi connectivity index (χ1v) is 8.98. The summed E-state index contributed by atoms with van der Waals surface area (Å²) < 4.78 is 6.02. The molecule has 9 nitrogen and oxygen atoms in total. The molecule has 3 rings (SSSR count). The normalized spacial score (nSPS) is 19.4. The van der Waals surface area contributed by atoms with E-state index in [9.17, 15) is 4.79 Å². The third kappa shape index (κ3) is 5.92. The standard InChI is InChI=1S/C16H23N3O2.C2H2O4/c1-2-19-12-13(7-11-18-9-3-4-10-18)21-15-14(16(19)20)6-5-8-17-15;3-1(4)2(5)6/h5-6,8,13H,2-4,7,9-12H2,1H3;(H,3,4)(H,5,6)/p-2. The van der Waals surface area contributed by atoms with E-state index in [0.29, 0.717) is 24.5 Å². The molecule has 0 spiro atoms. The van der Waals surface area contributed by atoms with E-state index < -0.39 is 11.9 Å². The Balaban J connectivity index is 0.000000380. The van der Waals surface area contributed by atoms with Crippen LogP contribution in [0.5, 0.6) is 5.88 Å². The van der Waals surface area contributed by atoms with Crippen LogP contribution in [-0.4, -0.2) is 71.5 Å². The predicted octanol–water partition coefficient (Wildman–Crippen LogP) is -1.72. The maximum atomic E-state index is 12.5. The van der Waals surface area contributed by atoms with Crippen molar-refractivity contribution in [2.75, 3.05) is 32.7 Å². The number of rotatable bonds is 4. The molecule has 2 aliphatic heterocycles. The van der Waals surface area contributed by atoms with Gasteiger partial charge in [-0.25, -0.2) is 4.98 Å². The highest BCUT2D eigenvalue weighted by Crippen LogP contribution is 2.23. The third-order valence-electron chi connectivity index (χ3n) is 4.51. The third-order valence-corrected chi connectivity index (χ3v) is 4.51. The maximum absolute atomic E-state index is 12.5. The summed E-state index contributed by atoms with van der Waals surface area (Å²) in [5.74, 6) is -3.85. The van der Waals surface area contributed by atoms with Crippen LogP contribution in [0.25, 0.3) is 0 Å². The zero-order valence-electron chi connectivity index (χ0n) is 15.3. The average molecular weight is 377 g/mol. The van der Waals surface area contributed by atoms with Gasteiger partial charge in [0.2, 0.25) is 5.88 Å². The number of nitrogens with zero attached hydrogens (tertiary/aromatic N) is 3. The lowest BCUT2D eigenvalue weighted by Crippen LogP contribution is -2.42. The molecular weight excluding hydrogens is 354 g/mol. The Morgan fingerprint density at radius 1 is 1.26 bits per heavy atom. The number of carboxylic acids is 2. The largest absolute Gasteiger partial charge is 0.543 e. The molecule has 3 heterocycles. The number of hydrogen-bond acceptors (Lipinski definition) is 8. The summed E-state index contributed by atoms with van der Waals surface area (Å²) in [4.78, 5) is 38.9. The SMILES string of the molecule is CCN1CC(CCN2CCCC2)Oc2ncccc2C1=O.O=C([O-])C(=O)[O-]. The van der Waals surface area contributed by atoms with Crippen molar-refractivity contribution in [3.63, 3.8) is 0 Å². The Bertz CT molecular complexity index is 663. The van der Waals surface area contributed by atoms with Gasteiger partial charge in [0, 0.05) is 19.3 Å². The van der Waals surface area contributed by atoms with Gasteiger partial charge in [-0.15, -0.1) is 0 Å². The number of hydrogen-bond donors (Lipinski definition) is 0. The van der Waals surface area contributed by atoms with Crippen molar-refractivity contribution < 1.29 is 29.3 Å². The van der Waals surface area contributed by atoms with Gasteiger partial charge >= 0.3 is 0 Å². The van der Waals surface area contributed by atoms with Gasteiger partial charge in [0.05, 0.1) is 18.5 Å². The van der Waals surface area contributed by atoms with Crippen LogP contribution in [0, 0.1) is 0 Å². The first kappa shape index (κ1) is 20.6.